The largest absolute Gasteiger partial charge is 0.0885 e. The average Bonchev–Trinajstić information content (AvgIpc) is 2.66. The van der Waals surface area contributed by atoms with E-state index >= 15 is 0 Å². The van der Waals surface area contributed by atoms with Crippen molar-refractivity contribution >= 4 is 0 Å². The van der Waals surface area contributed by atoms with E-state index in [1.165, 1.54) is 128 Å². The van der Waals surface area contributed by atoms with Crippen LogP contribution in [-0.2, 0) is 0 Å². The zero-order valence-electron chi connectivity index (χ0n) is 18.9. The fraction of sp³-hybridized carbons (Fsp3) is 0.923. The first-order valence-corrected chi connectivity index (χ1v) is 12.5. The monoisotopic (exact) mass is 364 g/mol. The molecule has 1 rings (SSSR count). The molecule has 0 amide bonds. The summed E-state index contributed by atoms with van der Waals surface area (Å²) in [6.45, 7) is 6.93. The Morgan fingerprint density at radius 2 is 0.923 bits per heavy atom. The fourth-order valence-corrected chi connectivity index (χ4v) is 3.80. The number of allylic oxidation sites excluding steroid dienone is 2. The molecular formula is C26H52. The van der Waals surface area contributed by atoms with Crippen LogP contribution in [0.2, 0.25) is 0 Å². The second-order valence-corrected chi connectivity index (χ2v) is 8.68. The Labute approximate surface area is 167 Å². The van der Waals surface area contributed by atoms with Gasteiger partial charge in [0.15, 0.2) is 0 Å². The van der Waals surface area contributed by atoms with Crippen LogP contribution >= 0.6 is 0 Å². The van der Waals surface area contributed by atoms with Crippen molar-refractivity contribution < 1.29 is 0 Å². The molecule has 26 heavy (non-hydrogen) atoms. The minimum Gasteiger partial charge on any atom is -0.0885 e. The number of hydrogen-bond acceptors (Lipinski definition) is 0. The van der Waals surface area contributed by atoms with Gasteiger partial charge in [-0.25, -0.2) is 0 Å². The molecule has 1 fully saturated rings. The second-order valence-electron chi connectivity index (χ2n) is 8.68. The van der Waals surface area contributed by atoms with Gasteiger partial charge in [-0.15, -0.1) is 0 Å². The molecule has 156 valence electrons. The van der Waals surface area contributed by atoms with Gasteiger partial charge in [-0.2, -0.15) is 0 Å². The Balaban J connectivity index is 0.000000735. The fourth-order valence-electron chi connectivity index (χ4n) is 3.80. The summed E-state index contributed by atoms with van der Waals surface area (Å²) in [6, 6.07) is 0. The molecule has 0 nitrogen and oxygen atoms in total. The lowest BCUT2D eigenvalue weighted by molar-refractivity contribution is 0.385. The van der Waals surface area contributed by atoms with Gasteiger partial charge in [-0.05, 0) is 31.6 Å². The van der Waals surface area contributed by atoms with Crippen molar-refractivity contribution in [2.45, 2.75) is 149 Å². The lowest BCUT2D eigenvalue weighted by Gasteiger charge is -2.15. The van der Waals surface area contributed by atoms with Crippen molar-refractivity contribution in [1.82, 2.24) is 0 Å². The van der Waals surface area contributed by atoms with Crippen LogP contribution in [0.5, 0.6) is 0 Å². The van der Waals surface area contributed by atoms with Crippen LogP contribution < -0.4 is 0 Å². The molecule has 1 aliphatic carbocycles. The van der Waals surface area contributed by atoms with Gasteiger partial charge < -0.3 is 0 Å². The molecule has 0 bridgehead atoms. The van der Waals surface area contributed by atoms with Crippen molar-refractivity contribution in [3.63, 3.8) is 0 Å². The predicted octanol–water partition coefficient (Wildman–Crippen LogP) is 10.0. The van der Waals surface area contributed by atoms with Gasteiger partial charge >= 0.3 is 0 Å². The van der Waals surface area contributed by atoms with Crippen LogP contribution in [0.25, 0.3) is 0 Å². The normalized spacial score (nSPS) is 15.2. The van der Waals surface area contributed by atoms with Crippen LogP contribution in [0.15, 0.2) is 12.2 Å². The minimum atomic E-state index is 1.04. The predicted molar refractivity (Wildman–Crippen MR) is 122 cm³/mol. The highest BCUT2D eigenvalue weighted by Gasteiger charge is 2.05. The molecule has 0 atom stereocenters. The maximum absolute atomic E-state index is 2.41. The minimum absolute atomic E-state index is 1.04. The summed E-state index contributed by atoms with van der Waals surface area (Å²) in [6.07, 6.45) is 33.4. The van der Waals surface area contributed by atoms with Gasteiger partial charge in [0.2, 0.25) is 0 Å². The van der Waals surface area contributed by atoms with Crippen LogP contribution in [0.4, 0.5) is 0 Å². The van der Waals surface area contributed by atoms with E-state index in [2.05, 4.69) is 32.9 Å². The molecule has 0 aromatic rings. The average molecular weight is 365 g/mol. The molecule has 1 aliphatic rings. The van der Waals surface area contributed by atoms with E-state index in [1.54, 1.807) is 0 Å². The maximum atomic E-state index is 2.41. The molecular weight excluding hydrogens is 312 g/mol. The molecule has 0 radical (unpaired) electrons. The highest BCUT2D eigenvalue weighted by atomic mass is 14.1. The summed E-state index contributed by atoms with van der Waals surface area (Å²) in [5.74, 6) is 1.04. The molecule has 0 heteroatoms. The van der Waals surface area contributed by atoms with Crippen molar-refractivity contribution in [2.75, 3.05) is 0 Å². The van der Waals surface area contributed by atoms with E-state index in [0.29, 0.717) is 0 Å². The summed E-state index contributed by atoms with van der Waals surface area (Å²) in [7, 11) is 0. The van der Waals surface area contributed by atoms with Crippen molar-refractivity contribution in [1.29, 1.82) is 0 Å². The van der Waals surface area contributed by atoms with Gasteiger partial charge in [-0.3, -0.25) is 0 Å². The summed E-state index contributed by atoms with van der Waals surface area (Å²) in [5.41, 5.74) is 0. The Morgan fingerprint density at radius 1 is 0.538 bits per heavy atom. The summed E-state index contributed by atoms with van der Waals surface area (Å²) in [5, 5.41) is 0. The van der Waals surface area contributed by atoms with E-state index in [4.69, 9.17) is 0 Å². The van der Waals surface area contributed by atoms with Crippen LogP contribution in [0.1, 0.15) is 149 Å². The van der Waals surface area contributed by atoms with Gasteiger partial charge in [0.1, 0.15) is 0 Å². The van der Waals surface area contributed by atoms with E-state index in [0.717, 1.165) is 5.92 Å². The Bertz CT molecular complexity index is 259. The molecule has 0 saturated heterocycles. The topological polar surface area (TPSA) is 0 Å². The first kappa shape index (κ1) is 25.7. The quantitative estimate of drug-likeness (QED) is 0.200. The Hall–Kier alpha value is -0.260. The van der Waals surface area contributed by atoms with Gasteiger partial charge in [0.25, 0.3) is 0 Å². The summed E-state index contributed by atoms with van der Waals surface area (Å²) < 4.78 is 0. The maximum Gasteiger partial charge on any atom is -0.0351 e. The van der Waals surface area contributed by atoms with Gasteiger partial charge in [-0.1, -0.05) is 136 Å². The standard InChI is InChI=1S/C19H38.C7H14/c1-3-5-7-9-11-13-15-17-19-18-16-14-12-10-8-6-4-2;1-7-5-3-2-4-6-7/h17,19H,3-16,18H2,1-2H3;7H,2-6H2,1H3/b19-17-;. The van der Waals surface area contributed by atoms with E-state index in [9.17, 15) is 0 Å². The Kier molecular flexibility index (Phi) is 22.6. The van der Waals surface area contributed by atoms with Gasteiger partial charge in [0.05, 0.1) is 0 Å². The van der Waals surface area contributed by atoms with Crippen molar-refractivity contribution in [2.24, 2.45) is 5.92 Å². The van der Waals surface area contributed by atoms with Crippen LogP contribution in [0.3, 0.4) is 0 Å². The van der Waals surface area contributed by atoms with Gasteiger partial charge in [0, 0.05) is 0 Å². The Morgan fingerprint density at radius 3 is 1.27 bits per heavy atom. The zero-order valence-corrected chi connectivity index (χ0v) is 18.9. The third kappa shape index (κ3) is 21.8. The number of rotatable bonds is 15. The SMILES string of the molecule is CC1CCCCC1.CCCCCCCC/C=C\CCCCCCCCC. The molecule has 0 N–H and O–H groups in total. The molecule has 0 aromatic heterocycles. The highest BCUT2D eigenvalue weighted by molar-refractivity contribution is 4.81. The van der Waals surface area contributed by atoms with Crippen molar-refractivity contribution in [3.8, 4) is 0 Å². The van der Waals surface area contributed by atoms with E-state index in [-0.39, 0.29) is 0 Å². The van der Waals surface area contributed by atoms with Crippen LogP contribution in [-0.4, -0.2) is 0 Å². The number of hydrogen-bond donors (Lipinski definition) is 0. The van der Waals surface area contributed by atoms with E-state index < -0.39 is 0 Å². The van der Waals surface area contributed by atoms with Crippen LogP contribution in [0, 0.1) is 5.92 Å². The highest BCUT2D eigenvalue weighted by Crippen LogP contribution is 2.22. The lowest BCUT2D eigenvalue weighted by Crippen LogP contribution is -1.99. The number of unbranched alkanes of at least 4 members (excludes halogenated alkanes) is 13. The lowest BCUT2D eigenvalue weighted by atomic mass is 9.91. The molecule has 0 aromatic carbocycles. The van der Waals surface area contributed by atoms with E-state index in [1.807, 2.05) is 0 Å². The summed E-state index contributed by atoms with van der Waals surface area (Å²) >= 11 is 0. The third-order valence-electron chi connectivity index (χ3n) is 5.76. The second kappa shape index (κ2) is 22.8. The molecule has 1 saturated carbocycles. The first-order chi connectivity index (χ1) is 12.8. The molecule has 0 aliphatic heterocycles. The summed E-state index contributed by atoms with van der Waals surface area (Å²) in [4.78, 5) is 0. The smallest absolute Gasteiger partial charge is 0.0351 e. The first-order valence-electron chi connectivity index (χ1n) is 12.5. The molecule has 0 spiro atoms. The molecule has 0 unspecified atom stereocenters. The third-order valence-corrected chi connectivity index (χ3v) is 5.76. The zero-order chi connectivity index (χ0) is 19.1. The molecule has 0 heterocycles. The van der Waals surface area contributed by atoms with Crippen molar-refractivity contribution in [3.05, 3.63) is 12.2 Å².